The highest BCUT2D eigenvalue weighted by molar-refractivity contribution is 7.80. The fourth-order valence-electron chi connectivity index (χ4n) is 1.84. The van der Waals surface area contributed by atoms with Crippen LogP contribution in [0.5, 0.6) is 5.75 Å². The van der Waals surface area contributed by atoms with Crippen molar-refractivity contribution in [1.82, 2.24) is 9.78 Å². The van der Waals surface area contributed by atoms with E-state index in [1.165, 1.54) is 4.68 Å². The van der Waals surface area contributed by atoms with E-state index in [2.05, 4.69) is 5.10 Å². The monoisotopic (exact) mass is 289 g/mol. The van der Waals surface area contributed by atoms with Gasteiger partial charge in [-0.15, -0.1) is 0 Å². The molecule has 2 aromatic rings. The highest BCUT2D eigenvalue weighted by Crippen LogP contribution is 2.20. The molecule has 0 amide bonds. The van der Waals surface area contributed by atoms with Gasteiger partial charge in [-0.2, -0.15) is 5.10 Å². The molecule has 0 spiro atoms. The Labute approximate surface area is 122 Å². The maximum atomic E-state index is 12.0. The van der Waals surface area contributed by atoms with Crippen molar-refractivity contribution in [1.29, 1.82) is 0 Å². The van der Waals surface area contributed by atoms with Crippen molar-refractivity contribution in [2.75, 3.05) is 7.11 Å². The third kappa shape index (κ3) is 2.70. The van der Waals surface area contributed by atoms with Gasteiger partial charge < -0.3 is 10.5 Å². The lowest BCUT2D eigenvalue weighted by Gasteiger charge is -2.09. The van der Waals surface area contributed by atoms with Crippen LogP contribution in [-0.4, -0.2) is 21.9 Å². The molecule has 0 atom stereocenters. The zero-order valence-electron chi connectivity index (χ0n) is 11.3. The molecule has 6 heteroatoms. The van der Waals surface area contributed by atoms with E-state index in [-0.39, 0.29) is 10.5 Å². The second-order valence-corrected chi connectivity index (χ2v) is 4.60. The van der Waals surface area contributed by atoms with Gasteiger partial charge in [0.15, 0.2) is 0 Å². The Morgan fingerprint density at radius 2 is 2.05 bits per heavy atom. The van der Waals surface area contributed by atoms with Gasteiger partial charge in [0, 0.05) is 12.1 Å². The zero-order valence-corrected chi connectivity index (χ0v) is 12.1. The maximum absolute atomic E-state index is 12.0. The number of rotatable bonds is 4. The molecule has 0 aliphatic carbocycles. The summed E-state index contributed by atoms with van der Waals surface area (Å²) < 4.78 is 6.47. The average molecular weight is 289 g/mol. The van der Waals surface area contributed by atoms with Crippen LogP contribution >= 0.6 is 12.2 Å². The summed E-state index contributed by atoms with van der Waals surface area (Å²) in [6.07, 6.45) is 0. The number of aryl methyl sites for hydroxylation is 1. The predicted molar refractivity (Wildman–Crippen MR) is 82.0 cm³/mol. The number of nitrogens with two attached hydrogens (primary N) is 1. The first-order valence-corrected chi connectivity index (χ1v) is 6.54. The van der Waals surface area contributed by atoms with Crippen molar-refractivity contribution in [3.63, 3.8) is 0 Å². The highest BCUT2D eigenvalue weighted by atomic mass is 32.1. The number of thiocarbonyl (C=S) groups is 1. The number of aromatic nitrogens is 2. The highest BCUT2D eigenvalue weighted by Gasteiger charge is 2.11. The van der Waals surface area contributed by atoms with Crippen LogP contribution < -0.4 is 16.0 Å². The second-order valence-electron chi connectivity index (χ2n) is 4.16. The number of nitrogens with zero attached hydrogens (tertiary/aromatic N) is 2. The van der Waals surface area contributed by atoms with Crippen molar-refractivity contribution in [2.24, 2.45) is 5.73 Å². The van der Waals surface area contributed by atoms with Gasteiger partial charge in [-0.05, 0) is 37.3 Å². The molecule has 0 bridgehead atoms. The van der Waals surface area contributed by atoms with Crippen molar-refractivity contribution in [3.8, 4) is 17.0 Å². The molecule has 104 valence electrons. The molecule has 0 fully saturated rings. The SMILES string of the molecule is CCn1nc(-c2ccc(OC)cc2)cc(C(N)=S)c1=O. The molecule has 2 N–H and O–H groups in total. The lowest BCUT2D eigenvalue weighted by Crippen LogP contribution is -2.30. The first-order chi connectivity index (χ1) is 9.56. The van der Waals surface area contributed by atoms with Gasteiger partial charge in [0.25, 0.3) is 5.56 Å². The van der Waals surface area contributed by atoms with E-state index in [9.17, 15) is 4.79 Å². The minimum Gasteiger partial charge on any atom is -0.497 e. The van der Waals surface area contributed by atoms with E-state index < -0.39 is 0 Å². The fourth-order valence-corrected chi connectivity index (χ4v) is 1.98. The summed E-state index contributed by atoms with van der Waals surface area (Å²) in [4.78, 5) is 12.1. The molecule has 1 aromatic heterocycles. The van der Waals surface area contributed by atoms with Crippen LogP contribution in [0.4, 0.5) is 0 Å². The van der Waals surface area contributed by atoms with E-state index >= 15 is 0 Å². The molecule has 20 heavy (non-hydrogen) atoms. The van der Waals surface area contributed by atoms with Crippen LogP contribution in [0.3, 0.4) is 0 Å². The minimum absolute atomic E-state index is 0.0781. The summed E-state index contributed by atoms with van der Waals surface area (Å²) in [6.45, 7) is 2.30. The Kier molecular flexibility index (Phi) is 4.14. The van der Waals surface area contributed by atoms with Crippen LogP contribution in [0.15, 0.2) is 35.1 Å². The van der Waals surface area contributed by atoms with Gasteiger partial charge in [-0.3, -0.25) is 4.79 Å². The summed E-state index contributed by atoms with van der Waals surface area (Å²) in [6, 6.07) is 9.03. The largest absolute Gasteiger partial charge is 0.497 e. The standard InChI is InChI=1S/C14H15N3O2S/c1-3-17-14(18)11(13(15)20)8-12(16-17)9-4-6-10(19-2)7-5-9/h4-8H,3H2,1-2H3,(H2,15,20). The van der Waals surface area contributed by atoms with Crippen LogP contribution in [-0.2, 0) is 6.54 Å². The van der Waals surface area contributed by atoms with Gasteiger partial charge >= 0.3 is 0 Å². The zero-order chi connectivity index (χ0) is 14.7. The Morgan fingerprint density at radius 1 is 1.40 bits per heavy atom. The van der Waals surface area contributed by atoms with Crippen LogP contribution in [0, 0.1) is 0 Å². The van der Waals surface area contributed by atoms with E-state index in [0.29, 0.717) is 17.8 Å². The first-order valence-electron chi connectivity index (χ1n) is 6.13. The Morgan fingerprint density at radius 3 is 2.55 bits per heavy atom. The van der Waals surface area contributed by atoms with Crippen molar-refractivity contribution in [2.45, 2.75) is 13.5 Å². The van der Waals surface area contributed by atoms with Crippen molar-refractivity contribution < 1.29 is 4.74 Å². The number of benzene rings is 1. The second kappa shape index (κ2) is 5.83. The Balaban J connectivity index is 2.58. The van der Waals surface area contributed by atoms with Gasteiger partial charge in [-0.1, -0.05) is 12.2 Å². The van der Waals surface area contributed by atoms with Crippen molar-refractivity contribution >= 4 is 17.2 Å². The van der Waals surface area contributed by atoms with Crippen molar-refractivity contribution in [3.05, 3.63) is 46.2 Å². The van der Waals surface area contributed by atoms with Crippen LogP contribution in [0.1, 0.15) is 12.5 Å². The fraction of sp³-hybridized carbons (Fsp3) is 0.214. The van der Waals surface area contributed by atoms with Crippen LogP contribution in [0.2, 0.25) is 0 Å². The molecule has 0 aliphatic heterocycles. The number of hydrogen-bond donors (Lipinski definition) is 1. The van der Waals surface area contributed by atoms with E-state index in [4.69, 9.17) is 22.7 Å². The maximum Gasteiger partial charge on any atom is 0.277 e. The molecule has 0 aliphatic rings. The third-order valence-corrected chi connectivity index (χ3v) is 3.15. The third-order valence-electron chi connectivity index (χ3n) is 2.93. The Bertz CT molecular complexity index is 693. The molecule has 0 radical (unpaired) electrons. The summed E-state index contributed by atoms with van der Waals surface area (Å²) >= 11 is 4.92. The lowest BCUT2D eigenvalue weighted by atomic mass is 10.1. The molecule has 1 heterocycles. The molecular formula is C14H15N3O2S. The molecule has 2 rings (SSSR count). The molecule has 1 aromatic carbocycles. The molecular weight excluding hydrogens is 274 g/mol. The van der Waals surface area contributed by atoms with Gasteiger partial charge in [0.2, 0.25) is 0 Å². The predicted octanol–water partition coefficient (Wildman–Crippen LogP) is 1.57. The number of methoxy groups -OCH3 is 1. The van der Waals surface area contributed by atoms with E-state index in [1.54, 1.807) is 13.2 Å². The summed E-state index contributed by atoms with van der Waals surface area (Å²) in [5, 5.41) is 4.31. The summed E-state index contributed by atoms with van der Waals surface area (Å²) in [7, 11) is 1.61. The smallest absolute Gasteiger partial charge is 0.277 e. The quantitative estimate of drug-likeness (QED) is 0.865. The topological polar surface area (TPSA) is 70.1 Å². The molecule has 0 saturated carbocycles. The van der Waals surface area contributed by atoms with Gasteiger partial charge in [-0.25, -0.2) is 4.68 Å². The van der Waals surface area contributed by atoms with Gasteiger partial charge in [0.05, 0.1) is 18.4 Å². The minimum atomic E-state index is -0.266. The number of ether oxygens (including phenoxy) is 1. The van der Waals surface area contributed by atoms with E-state index in [0.717, 1.165) is 11.3 Å². The van der Waals surface area contributed by atoms with Gasteiger partial charge in [0.1, 0.15) is 10.7 Å². The molecule has 0 saturated heterocycles. The summed E-state index contributed by atoms with van der Waals surface area (Å²) in [5.74, 6) is 0.757. The first kappa shape index (κ1) is 14.2. The van der Waals surface area contributed by atoms with Crippen LogP contribution in [0.25, 0.3) is 11.3 Å². The summed E-state index contributed by atoms with van der Waals surface area (Å²) in [5.41, 5.74) is 7.16. The normalized spacial score (nSPS) is 10.3. The molecule has 0 unspecified atom stereocenters. The Hall–Kier alpha value is -2.21. The average Bonchev–Trinajstić information content (AvgIpc) is 2.47. The number of hydrogen-bond acceptors (Lipinski definition) is 4. The lowest BCUT2D eigenvalue weighted by molar-refractivity contribution is 0.415. The van der Waals surface area contributed by atoms with E-state index in [1.807, 2.05) is 31.2 Å². The molecule has 5 nitrogen and oxygen atoms in total.